The maximum atomic E-state index is 11.8. The molecule has 0 heterocycles. The van der Waals surface area contributed by atoms with Gasteiger partial charge in [-0.1, -0.05) is 0 Å². The Balaban J connectivity index is 3.33. The fraction of sp³-hybridized carbons (Fsp3) is 0.417. The van der Waals surface area contributed by atoms with Gasteiger partial charge in [-0.25, -0.2) is 0 Å². The minimum Gasteiger partial charge on any atom is -0.490 e. The molecular formula is C12H14N2O7. The van der Waals surface area contributed by atoms with Crippen molar-refractivity contribution in [2.45, 2.75) is 19.4 Å². The second-order valence-electron chi connectivity index (χ2n) is 4.19. The quantitative estimate of drug-likeness (QED) is 0.554. The van der Waals surface area contributed by atoms with Crippen LogP contribution in [0.4, 0.5) is 11.4 Å². The second kappa shape index (κ2) is 6.75. The maximum Gasteiger partial charge on any atom is 0.317 e. The minimum absolute atomic E-state index is 0.0383. The highest BCUT2D eigenvalue weighted by molar-refractivity contribution is 5.86. The van der Waals surface area contributed by atoms with E-state index < -0.39 is 27.3 Å². The van der Waals surface area contributed by atoms with E-state index in [1.807, 2.05) is 0 Å². The molecule has 1 rings (SSSR count). The van der Waals surface area contributed by atoms with Crippen molar-refractivity contribution in [3.05, 3.63) is 37.9 Å². The molecule has 0 amide bonds. The fourth-order valence-electron chi connectivity index (χ4n) is 1.68. The second-order valence-corrected chi connectivity index (χ2v) is 4.19. The van der Waals surface area contributed by atoms with Crippen LogP contribution in [0.3, 0.4) is 0 Å². The van der Waals surface area contributed by atoms with Crippen LogP contribution in [0.15, 0.2) is 12.1 Å². The predicted molar refractivity (Wildman–Crippen MR) is 71.5 cm³/mol. The smallest absolute Gasteiger partial charge is 0.317 e. The van der Waals surface area contributed by atoms with Gasteiger partial charge in [0.2, 0.25) is 0 Å². The number of nitro groups is 2. The van der Waals surface area contributed by atoms with Crippen molar-refractivity contribution < 1.29 is 24.1 Å². The summed E-state index contributed by atoms with van der Waals surface area (Å²) in [6.45, 7) is 1.51. The first kappa shape index (κ1) is 16.5. The minimum atomic E-state index is -0.783. The molecule has 114 valence electrons. The van der Waals surface area contributed by atoms with Gasteiger partial charge >= 0.3 is 5.69 Å². The van der Waals surface area contributed by atoms with E-state index in [0.29, 0.717) is 0 Å². The number of ketones is 1. The van der Waals surface area contributed by atoms with Crippen molar-refractivity contribution in [2.75, 3.05) is 14.2 Å². The summed E-state index contributed by atoms with van der Waals surface area (Å²) in [5, 5.41) is 21.9. The van der Waals surface area contributed by atoms with Crippen LogP contribution >= 0.6 is 0 Å². The zero-order valence-corrected chi connectivity index (χ0v) is 11.7. The Morgan fingerprint density at radius 1 is 1.19 bits per heavy atom. The molecule has 1 atom stereocenters. The van der Waals surface area contributed by atoms with Crippen LogP contribution in [0, 0.1) is 20.2 Å². The number of hydrogen-bond donors (Lipinski definition) is 0. The molecule has 9 heteroatoms. The SMILES string of the molecule is COc1cc(CC(=O)C(C)OC)c([N+](=O)[O-])cc1[N+](=O)[O-]. The van der Waals surface area contributed by atoms with E-state index >= 15 is 0 Å². The first-order chi connectivity index (χ1) is 9.81. The summed E-state index contributed by atoms with van der Waals surface area (Å²) in [4.78, 5) is 32.1. The van der Waals surface area contributed by atoms with Crippen molar-refractivity contribution >= 4 is 17.2 Å². The topological polar surface area (TPSA) is 122 Å². The molecule has 0 aliphatic carbocycles. The van der Waals surface area contributed by atoms with E-state index in [9.17, 15) is 25.0 Å². The Bertz CT molecular complexity index is 585. The number of ether oxygens (including phenoxy) is 2. The average molecular weight is 298 g/mol. The van der Waals surface area contributed by atoms with E-state index in [0.717, 1.165) is 12.1 Å². The third-order valence-electron chi connectivity index (χ3n) is 2.95. The largest absolute Gasteiger partial charge is 0.490 e. The van der Waals surface area contributed by atoms with Crippen molar-refractivity contribution in [2.24, 2.45) is 0 Å². The lowest BCUT2D eigenvalue weighted by molar-refractivity contribution is -0.395. The Morgan fingerprint density at radius 2 is 1.76 bits per heavy atom. The molecule has 0 aliphatic heterocycles. The van der Waals surface area contributed by atoms with Gasteiger partial charge in [-0.3, -0.25) is 25.0 Å². The zero-order valence-electron chi connectivity index (χ0n) is 11.7. The van der Waals surface area contributed by atoms with Crippen molar-refractivity contribution in [1.29, 1.82) is 0 Å². The average Bonchev–Trinajstić information content (AvgIpc) is 2.44. The highest BCUT2D eigenvalue weighted by Crippen LogP contribution is 2.34. The standard InChI is InChI=1S/C12H14N2O7/c1-7(20-2)11(15)4-8-5-12(21-3)10(14(18)19)6-9(8)13(16)17/h5-7H,4H2,1-3H3. The summed E-state index contributed by atoms with van der Waals surface area (Å²) < 4.78 is 9.69. The molecule has 0 N–H and O–H groups in total. The van der Waals surface area contributed by atoms with E-state index in [4.69, 9.17) is 9.47 Å². The van der Waals surface area contributed by atoms with Gasteiger partial charge in [-0.2, -0.15) is 0 Å². The molecule has 0 spiro atoms. The van der Waals surface area contributed by atoms with Crippen molar-refractivity contribution in [3.63, 3.8) is 0 Å². The molecule has 0 aromatic heterocycles. The van der Waals surface area contributed by atoms with Crippen LogP contribution in [0.1, 0.15) is 12.5 Å². The number of rotatable bonds is 7. The van der Waals surface area contributed by atoms with Crippen LogP contribution in [-0.4, -0.2) is 36.0 Å². The third kappa shape index (κ3) is 3.72. The van der Waals surface area contributed by atoms with E-state index in [1.165, 1.54) is 21.1 Å². The van der Waals surface area contributed by atoms with Crippen LogP contribution in [-0.2, 0) is 16.0 Å². The number of hydrogen-bond acceptors (Lipinski definition) is 7. The van der Waals surface area contributed by atoms with Gasteiger partial charge in [-0.05, 0) is 13.0 Å². The summed E-state index contributed by atoms with van der Waals surface area (Å²) in [5.41, 5.74) is -0.990. The number of benzene rings is 1. The summed E-state index contributed by atoms with van der Waals surface area (Å²) in [7, 11) is 2.55. The predicted octanol–water partition coefficient (Wildman–Crippen LogP) is 1.66. The molecule has 9 nitrogen and oxygen atoms in total. The molecule has 0 saturated carbocycles. The van der Waals surface area contributed by atoms with Gasteiger partial charge in [0, 0.05) is 19.1 Å². The summed E-state index contributed by atoms with van der Waals surface area (Å²) >= 11 is 0. The first-order valence-corrected chi connectivity index (χ1v) is 5.87. The van der Waals surface area contributed by atoms with Gasteiger partial charge in [0.05, 0.1) is 23.0 Å². The number of carbonyl (C=O) groups excluding carboxylic acids is 1. The van der Waals surface area contributed by atoms with Crippen LogP contribution in [0.2, 0.25) is 0 Å². The van der Waals surface area contributed by atoms with E-state index in [2.05, 4.69) is 0 Å². The highest BCUT2D eigenvalue weighted by atomic mass is 16.6. The highest BCUT2D eigenvalue weighted by Gasteiger charge is 2.27. The Morgan fingerprint density at radius 3 is 2.19 bits per heavy atom. The monoisotopic (exact) mass is 298 g/mol. The van der Waals surface area contributed by atoms with E-state index in [1.54, 1.807) is 0 Å². The Kier molecular flexibility index (Phi) is 5.30. The van der Waals surface area contributed by atoms with Crippen LogP contribution in [0.5, 0.6) is 5.75 Å². The number of nitro benzene ring substituents is 2. The zero-order chi connectivity index (χ0) is 16.2. The normalized spacial score (nSPS) is 11.8. The van der Waals surface area contributed by atoms with Crippen LogP contribution < -0.4 is 4.74 Å². The first-order valence-electron chi connectivity index (χ1n) is 5.87. The lowest BCUT2D eigenvalue weighted by Gasteiger charge is -2.10. The van der Waals surface area contributed by atoms with Crippen LogP contribution in [0.25, 0.3) is 0 Å². The van der Waals surface area contributed by atoms with Crippen molar-refractivity contribution in [1.82, 2.24) is 0 Å². The molecule has 1 aromatic carbocycles. The molecule has 0 aliphatic rings. The van der Waals surface area contributed by atoms with Gasteiger partial charge in [0.15, 0.2) is 11.5 Å². The lowest BCUT2D eigenvalue weighted by Crippen LogP contribution is -2.21. The Hall–Kier alpha value is -2.55. The summed E-state index contributed by atoms with van der Waals surface area (Å²) in [5.74, 6) is -0.519. The molecular weight excluding hydrogens is 284 g/mol. The number of Topliss-reactive ketones (excluding diaryl/α,β-unsaturated/α-hetero) is 1. The van der Waals surface area contributed by atoms with Gasteiger partial charge in [0.1, 0.15) is 6.10 Å². The van der Waals surface area contributed by atoms with E-state index in [-0.39, 0.29) is 23.5 Å². The molecule has 1 unspecified atom stereocenters. The Labute approximate surface area is 119 Å². The molecule has 1 aromatic rings. The molecule has 0 saturated heterocycles. The molecule has 21 heavy (non-hydrogen) atoms. The number of nitrogens with zero attached hydrogens (tertiary/aromatic N) is 2. The van der Waals surface area contributed by atoms with Gasteiger partial charge in [0.25, 0.3) is 5.69 Å². The maximum absolute atomic E-state index is 11.8. The van der Waals surface area contributed by atoms with Crippen molar-refractivity contribution in [3.8, 4) is 5.75 Å². The molecule has 0 fully saturated rings. The summed E-state index contributed by atoms with van der Waals surface area (Å²) in [6.07, 6.45) is -1.01. The fourth-order valence-corrected chi connectivity index (χ4v) is 1.68. The third-order valence-corrected chi connectivity index (χ3v) is 2.95. The molecule has 0 radical (unpaired) electrons. The summed E-state index contributed by atoms with van der Waals surface area (Å²) in [6, 6.07) is 1.93. The lowest BCUT2D eigenvalue weighted by atomic mass is 10.0. The molecule has 0 bridgehead atoms. The van der Waals surface area contributed by atoms with Gasteiger partial charge < -0.3 is 9.47 Å². The number of carbonyl (C=O) groups is 1. The van der Waals surface area contributed by atoms with Gasteiger partial charge in [-0.15, -0.1) is 0 Å². The number of methoxy groups -OCH3 is 2.